The summed E-state index contributed by atoms with van der Waals surface area (Å²) in [5, 5.41) is 11.1. The van der Waals surface area contributed by atoms with Gasteiger partial charge in [0.25, 0.3) is 0 Å². The molecule has 1 N–H and O–H groups in total. The Kier molecular flexibility index (Phi) is 7.26. The molecule has 5 nitrogen and oxygen atoms in total. The molecule has 0 aromatic rings. The third kappa shape index (κ3) is 5.70. The van der Waals surface area contributed by atoms with Crippen molar-refractivity contribution in [3.63, 3.8) is 0 Å². The Morgan fingerprint density at radius 3 is 2.46 bits per heavy atom. The highest BCUT2D eigenvalue weighted by atomic mass is 32.2. The number of carbonyl (C=O) groups excluding carboxylic acids is 2. The third-order valence-electron chi connectivity index (χ3n) is 5.28. The molecule has 2 saturated carbocycles. The predicted octanol–water partition coefficient (Wildman–Crippen LogP) is 4.29. The molecule has 160 valence electrons. The number of ketones is 1. The molecule has 0 spiro atoms. The van der Waals surface area contributed by atoms with Gasteiger partial charge in [0.2, 0.25) is 4.38 Å². The Labute approximate surface area is 178 Å². The van der Waals surface area contributed by atoms with Crippen LogP contribution in [-0.2, 0) is 19.1 Å². The molecule has 0 aliphatic heterocycles. The molecule has 28 heavy (non-hydrogen) atoms. The van der Waals surface area contributed by atoms with Crippen LogP contribution in [0, 0.1) is 16.7 Å². The van der Waals surface area contributed by atoms with Crippen molar-refractivity contribution in [3.8, 4) is 0 Å². The Hall–Kier alpha value is -0.660. The van der Waals surface area contributed by atoms with Gasteiger partial charge in [0.1, 0.15) is 11.7 Å². The first-order valence-corrected chi connectivity index (χ1v) is 11.3. The quantitative estimate of drug-likeness (QED) is 0.529. The molecular weight excluding hydrogens is 396 g/mol. The van der Waals surface area contributed by atoms with Crippen molar-refractivity contribution in [2.24, 2.45) is 16.7 Å². The number of thiocarbonyl (C=S) groups is 1. The molecule has 0 aromatic carbocycles. The summed E-state index contributed by atoms with van der Waals surface area (Å²) in [5.74, 6) is -0.919. The maximum atomic E-state index is 12.6. The highest BCUT2D eigenvalue weighted by Crippen LogP contribution is 2.48. The van der Waals surface area contributed by atoms with Crippen LogP contribution in [0.4, 0.5) is 0 Å². The van der Waals surface area contributed by atoms with E-state index in [1.165, 1.54) is 11.8 Å². The second-order valence-corrected chi connectivity index (χ2v) is 12.1. The minimum absolute atomic E-state index is 0.0104. The minimum Gasteiger partial charge on any atom is -0.478 e. The summed E-state index contributed by atoms with van der Waals surface area (Å²) in [5.41, 5.74) is -2.10. The van der Waals surface area contributed by atoms with Crippen molar-refractivity contribution < 1.29 is 24.2 Å². The van der Waals surface area contributed by atoms with Crippen LogP contribution in [0.15, 0.2) is 0 Å². The van der Waals surface area contributed by atoms with Crippen molar-refractivity contribution in [2.45, 2.75) is 90.6 Å². The van der Waals surface area contributed by atoms with Gasteiger partial charge in [-0.2, -0.15) is 0 Å². The molecule has 2 rings (SSSR count). The van der Waals surface area contributed by atoms with Gasteiger partial charge in [0.15, 0.2) is 5.78 Å². The molecule has 0 bridgehead atoms. The maximum absolute atomic E-state index is 12.6. The lowest BCUT2D eigenvalue weighted by molar-refractivity contribution is -0.183. The fraction of sp³-hybridized carbons (Fsp3) is 0.857. The van der Waals surface area contributed by atoms with Crippen LogP contribution in [0.1, 0.15) is 73.6 Å². The number of thioether (sulfide) groups is 1. The summed E-state index contributed by atoms with van der Waals surface area (Å²) in [6.07, 6.45) is 2.13. The zero-order valence-electron chi connectivity index (χ0n) is 17.9. The summed E-state index contributed by atoms with van der Waals surface area (Å²) in [6, 6.07) is 0. The van der Waals surface area contributed by atoms with E-state index in [0.29, 0.717) is 23.8 Å². The van der Waals surface area contributed by atoms with Crippen molar-refractivity contribution in [2.75, 3.05) is 6.61 Å². The first kappa shape index (κ1) is 23.6. The molecule has 2 fully saturated rings. The van der Waals surface area contributed by atoms with E-state index in [-0.39, 0.29) is 28.8 Å². The zero-order valence-corrected chi connectivity index (χ0v) is 19.5. The summed E-state index contributed by atoms with van der Waals surface area (Å²) < 4.78 is 12.0. The number of hydrogen-bond donors (Lipinski definition) is 1. The van der Waals surface area contributed by atoms with Gasteiger partial charge in [-0.3, -0.25) is 9.59 Å². The molecule has 7 heteroatoms. The molecule has 0 radical (unpaired) electrons. The van der Waals surface area contributed by atoms with Crippen LogP contribution in [0.5, 0.6) is 0 Å². The van der Waals surface area contributed by atoms with Crippen LogP contribution >= 0.6 is 24.0 Å². The molecule has 0 unspecified atom stereocenters. The molecule has 4 atom stereocenters. The zero-order chi connectivity index (χ0) is 21.3. The Morgan fingerprint density at radius 2 is 1.89 bits per heavy atom. The van der Waals surface area contributed by atoms with Crippen LogP contribution in [0.2, 0.25) is 0 Å². The first-order valence-electron chi connectivity index (χ1n) is 10.0. The Bertz CT molecular complexity index is 619. The second kappa shape index (κ2) is 8.60. The number of fused-ring (bicyclic) bond motifs is 1. The SMILES string of the molecule is CC(C)(C)COC(=S)S[C@H]1CCC[C@]2(O)C(=O)CC[C@@H](OC(=O)C(C)(C)C)[C@H]12. The fourth-order valence-electron chi connectivity index (χ4n) is 3.78. The van der Waals surface area contributed by atoms with E-state index < -0.39 is 23.0 Å². The largest absolute Gasteiger partial charge is 0.478 e. The lowest BCUT2D eigenvalue weighted by Gasteiger charge is -2.49. The van der Waals surface area contributed by atoms with E-state index in [1.807, 2.05) is 0 Å². The summed E-state index contributed by atoms with van der Waals surface area (Å²) in [4.78, 5) is 25.1. The van der Waals surface area contributed by atoms with Crippen LogP contribution in [0.25, 0.3) is 0 Å². The minimum atomic E-state index is -1.45. The number of Topliss-reactive ketones (excluding diaryl/α,β-unsaturated/α-hetero) is 1. The Balaban J connectivity index is 2.19. The van der Waals surface area contributed by atoms with Crippen molar-refractivity contribution in [1.29, 1.82) is 0 Å². The number of carbonyl (C=O) groups is 2. The van der Waals surface area contributed by atoms with Gasteiger partial charge >= 0.3 is 5.97 Å². The standard InChI is InChI=1S/C21H34O5S2/c1-19(2,3)12-25-18(27)28-14-8-7-11-21(24)15(22)10-9-13(16(14)21)26-17(23)20(4,5)6/h13-14,16,24H,7-12H2,1-6H3/t13-,14+,16-,21+/m1/s1. The summed E-state index contributed by atoms with van der Waals surface area (Å²) in [6.45, 7) is 12.1. The smallest absolute Gasteiger partial charge is 0.311 e. The van der Waals surface area contributed by atoms with Gasteiger partial charge < -0.3 is 14.6 Å². The van der Waals surface area contributed by atoms with Gasteiger partial charge in [-0.05, 0) is 64.1 Å². The number of aliphatic hydroxyl groups is 1. The van der Waals surface area contributed by atoms with Crippen LogP contribution in [0.3, 0.4) is 0 Å². The van der Waals surface area contributed by atoms with Crippen LogP contribution in [-0.4, -0.2) is 44.8 Å². The van der Waals surface area contributed by atoms with Gasteiger partial charge in [-0.25, -0.2) is 0 Å². The normalized spacial score (nSPS) is 31.1. The first-order chi connectivity index (χ1) is 12.7. The lowest BCUT2D eigenvalue weighted by Crippen LogP contribution is -2.61. The third-order valence-corrected chi connectivity index (χ3v) is 6.83. The van der Waals surface area contributed by atoms with Gasteiger partial charge in [0.05, 0.1) is 12.0 Å². The van der Waals surface area contributed by atoms with E-state index in [0.717, 1.165) is 12.8 Å². The number of rotatable bonds is 3. The van der Waals surface area contributed by atoms with E-state index in [2.05, 4.69) is 20.8 Å². The monoisotopic (exact) mass is 430 g/mol. The Morgan fingerprint density at radius 1 is 1.25 bits per heavy atom. The van der Waals surface area contributed by atoms with E-state index >= 15 is 0 Å². The topological polar surface area (TPSA) is 72.8 Å². The average Bonchev–Trinajstić information content (AvgIpc) is 2.54. The molecule has 0 amide bonds. The predicted molar refractivity (Wildman–Crippen MR) is 115 cm³/mol. The molecule has 2 aliphatic carbocycles. The van der Waals surface area contributed by atoms with E-state index in [9.17, 15) is 14.7 Å². The molecular formula is C21H34O5S2. The highest BCUT2D eigenvalue weighted by molar-refractivity contribution is 8.23. The van der Waals surface area contributed by atoms with Crippen LogP contribution < -0.4 is 0 Å². The lowest BCUT2D eigenvalue weighted by atomic mass is 9.65. The number of hydrogen-bond acceptors (Lipinski definition) is 7. The van der Waals surface area contributed by atoms with Gasteiger partial charge in [-0.1, -0.05) is 32.5 Å². The summed E-state index contributed by atoms with van der Waals surface area (Å²) >= 11 is 6.81. The number of ether oxygens (including phenoxy) is 2. The van der Waals surface area contributed by atoms with Crippen molar-refractivity contribution in [3.05, 3.63) is 0 Å². The van der Waals surface area contributed by atoms with Crippen molar-refractivity contribution >= 4 is 40.1 Å². The maximum Gasteiger partial charge on any atom is 0.311 e. The fourth-order valence-corrected chi connectivity index (χ4v) is 5.42. The highest BCUT2D eigenvalue weighted by Gasteiger charge is 2.57. The second-order valence-electron chi connectivity index (χ2n) is 10.3. The molecule has 0 aromatic heterocycles. The van der Waals surface area contributed by atoms with E-state index in [1.54, 1.807) is 20.8 Å². The molecule has 2 aliphatic rings. The molecule has 0 saturated heterocycles. The average molecular weight is 431 g/mol. The van der Waals surface area contributed by atoms with Gasteiger partial charge in [0, 0.05) is 17.6 Å². The van der Waals surface area contributed by atoms with E-state index in [4.69, 9.17) is 21.7 Å². The number of esters is 1. The summed E-state index contributed by atoms with van der Waals surface area (Å²) in [7, 11) is 0. The molecule has 0 heterocycles. The van der Waals surface area contributed by atoms with Crippen molar-refractivity contribution in [1.82, 2.24) is 0 Å². The van der Waals surface area contributed by atoms with Gasteiger partial charge in [-0.15, -0.1) is 0 Å².